The van der Waals surface area contributed by atoms with Gasteiger partial charge in [0.2, 0.25) is 11.8 Å². The van der Waals surface area contributed by atoms with Gasteiger partial charge in [-0.05, 0) is 73.6 Å². The molecule has 0 bridgehead atoms. The van der Waals surface area contributed by atoms with Crippen molar-refractivity contribution < 1.29 is 9.59 Å². The predicted octanol–water partition coefficient (Wildman–Crippen LogP) is 5.69. The van der Waals surface area contributed by atoms with Crippen LogP contribution in [-0.2, 0) is 22.7 Å². The van der Waals surface area contributed by atoms with E-state index >= 15 is 0 Å². The Bertz CT molecular complexity index is 1220. The summed E-state index contributed by atoms with van der Waals surface area (Å²) in [6.45, 7) is 4.03. The lowest BCUT2D eigenvalue weighted by Gasteiger charge is -2.16. The van der Waals surface area contributed by atoms with Crippen LogP contribution in [0.5, 0.6) is 0 Å². The molecule has 9 heteroatoms. The molecule has 3 aromatic rings. The predicted molar refractivity (Wildman–Crippen MR) is 138 cm³/mol. The van der Waals surface area contributed by atoms with Crippen LogP contribution in [0.1, 0.15) is 39.0 Å². The Morgan fingerprint density at radius 2 is 1.85 bits per heavy atom. The van der Waals surface area contributed by atoms with Crippen LogP contribution in [0.3, 0.4) is 0 Å². The number of hydrogen-bond acceptors (Lipinski definition) is 4. The fourth-order valence-corrected chi connectivity index (χ4v) is 4.43. The third kappa shape index (κ3) is 5.56. The number of unbranched alkanes of at least 4 members (excludes halogenated alkanes) is 1. The van der Waals surface area contributed by atoms with E-state index in [0.29, 0.717) is 28.4 Å². The first-order chi connectivity index (χ1) is 16.5. The maximum atomic E-state index is 12.6. The Morgan fingerprint density at radius 3 is 2.50 bits per heavy atom. The van der Waals surface area contributed by atoms with Gasteiger partial charge in [-0.15, -0.1) is 0 Å². The van der Waals surface area contributed by atoms with E-state index in [4.69, 9.17) is 28.9 Å². The molecule has 0 saturated carbocycles. The van der Waals surface area contributed by atoms with Gasteiger partial charge in [-0.1, -0.05) is 24.9 Å². The summed E-state index contributed by atoms with van der Waals surface area (Å²) in [5, 5.41) is 8.30. The second kappa shape index (κ2) is 11.0. The summed E-state index contributed by atoms with van der Waals surface area (Å²) in [5.41, 5.74) is 2.49. The van der Waals surface area contributed by atoms with Gasteiger partial charge in [-0.2, -0.15) is 5.10 Å². The molecule has 0 spiro atoms. The zero-order valence-corrected chi connectivity index (χ0v) is 20.7. The van der Waals surface area contributed by atoms with E-state index < -0.39 is 0 Å². The molecule has 2 aromatic carbocycles. The van der Waals surface area contributed by atoms with Crippen LogP contribution in [0.2, 0.25) is 5.02 Å². The van der Waals surface area contributed by atoms with E-state index in [0.717, 1.165) is 49.4 Å². The van der Waals surface area contributed by atoms with Crippen molar-refractivity contribution in [3.05, 3.63) is 58.3 Å². The van der Waals surface area contributed by atoms with Crippen LogP contribution in [0.15, 0.2) is 48.5 Å². The molecule has 1 N–H and O–H groups in total. The number of anilines is 2. The third-order valence-electron chi connectivity index (χ3n) is 5.85. The molecular weight excluding hydrogens is 470 g/mol. The number of nitrogens with one attached hydrogen (secondary N) is 1. The number of aryl methyl sites for hydroxylation is 1. The highest BCUT2D eigenvalue weighted by Gasteiger charge is 2.21. The fourth-order valence-electron chi connectivity index (χ4n) is 3.99. The van der Waals surface area contributed by atoms with Crippen LogP contribution in [0.4, 0.5) is 11.4 Å². The van der Waals surface area contributed by atoms with E-state index in [1.807, 2.05) is 53.1 Å². The number of carbonyl (C=O) groups excluding carboxylic acids is 2. The second-order valence-electron chi connectivity index (χ2n) is 8.34. The Labute approximate surface area is 209 Å². The Hall–Kier alpha value is -2.97. The van der Waals surface area contributed by atoms with Gasteiger partial charge in [0.1, 0.15) is 0 Å². The number of halogens is 1. The molecule has 2 amide bonds. The van der Waals surface area contributed by atoms with Gasteiger partial charge in [-0.3, -0.25) is 14.2 Å². The summed E-state index contributed by atoms with van der Waals surface area (Å²) in [5.74, 6) is 0.801. The summed E-state index contributed by atoms with van der Waals surface area (Å²) in [6, 6.07) is 14.9. The molecule has 0 radical (unpaired) electrons. The van der Waals surface area contributed by atoms with Crippen molar-refractivity contribution in [2.45, 2.75) is 52.1 Å². The van der Waals surface area contributed by atoms with Gasteiger partial charge in [-0.25, -0.2) is 4.68 Å². The lowest BCUT2D eigenvalue weighted by atomic mass is 10.2. The molecule has 178 valence electrons. The topological polar surface area (TPSA) is 72.2 Å². The van der Waals surface area contributed by atoms with Gasteiger partial charge >= 0.3 is 0 Å². The standard InChI is InChI=1S/C25H28ClN5O2S/c1-2-3-15-30-24(18-6-8-19(26)9-7-18)28-31(25(30)34)17-14-22(32)27-20-10-12-21(13-11-20)29-16-4-5-23(29)33/h6-13H,2-5,14-17H2,1H3,(H,27,32). The monoisotopic (exact) mass is 497 g/mol. The number of amides is 2. The Kier molecular flexibility index (Phi) is 7.80. The molecule has 1 aliphatic heterocycles. The Balaban J connectivity index is 1.42. The van der Waals surface area contributed by atoms with Crippen molar-refractivity contribution in [1.29, 1.82) is 0 Å². The Morgan fingerprint density at radius 1 is 1.12 bits per heavy atom. The molecule has 1 aromatic heterocycles. The molecular formula is C25H28ClN5O2S. The van der Waals surface area contributed by atoms with Gasteiger partial charge < -0.3 is 10.2 Å². The van der Waals surface area contributed by atoms with Crippen molar-refractivity contribution in [3.63, 3.8) is 0 Å². The average molecular weight is 498 g/mol. The van der Waals surface area contributed by atoms with Crippen LogP contribution in [0, 0.1) is 4.77 Å². The summed E-state index contributed by atoms with van der Waals surface area (Å²) in [7, 11) is 0. The summed E-state index contributed by atoms with van der Waals surface area (Å²) >= 11 is 11.7. The third-order valence-corrected chi connectivity index (χ3v) is 6.53. The zero-order chi connectivity index (χ0) is 24.1. The number of hydrogen-bond donors (Lipinski definition) is 1. The molecule has 4 rings (SSSR count). The largest absolute Gasteiger partial charge is 0.326 e. The molecule has 1 aliphatic rings. The molecule has 1 fully saturated rings. The minimum atomic E-state index is -0.122. The van der Waals surface area contributed by atoms with Crippen molar-refractivity contribution in [2.75, 3.05) is 16.8 Å². The molecule has 1 saturated heterocycles. The lowest BCUT2D eigenvalue weighted by molar-refractivity contribution is -0.117. The number of carbonyl (C=O) groups is 2. The normalized spacial score (nSPS) is 13.5. The molecule has 0 aliphatic carbocycles. The van der Waals surface area contributed by atoms with Crippen LogP contribution in [0.25, 0.3) is 11.4 Å². The highest BCUT2D eigenvalue weighted by molar-refractivity contribution is 7.71. The fraction of sp³-hybridized carbons (Fsp3) is 0.360. The minimum Gasteiger partial charge on any atom is -0.326 e. The molecule has 7 nitrogen and oxygen atoms in total. The number of benzene rings is 2. The van der Waals surface area contributed by atoms with Crippen LogP contribution in [-0.4, -0.2) is 32.7 Å². The maximum absolute atomic E-state index is 12.6. The molecule has 2 heterocycles. The van der Waals surface area contributed by atoms with E-state index in [2.05, 4.69) is 12.2 Å². The van der Waals surface area contributed by atoms with E-state index in [9.17, 15) is 9.59 Å². The number of aromatic nitrogens is 3. The first-order valence-corrected chi connectivity index (χ1v) is 12.4. The number of rotatable bonds is 9. The first kappa shape index (κ1) is 24.2. The lowest BCUT2D eigenvalue weighted by Crippen LogP contribution is -2.23. The van der Waals surface area contributed by atoms with Gasteiger partial charge in [0.25, 0.3) is 0 Å². The smallest absolute Gasteiger partial charge is 0.227 e. The van der Waals surface area contributed by atoms with Crippen LogP contribution < -0.4 is 10.2 Å². The summed E-state index contributed by atoms with van der Waals surface area (Å²) < 4.78 is 4.35. The van der Waals surface area contributed by atoms with Crippen molar-refractivity contribution in [2.24, 2.45) is 0 Å². The average Bonchev–Trinajstić information content (AvgIpc) is 3.40. The van der Waals surface area contributed by atoms with Crippen molar-refractivity contribution in [3.8, 4) is 11.4 Å². The minimum absolute atomic E-state index is 0.122. The van der Waals surface area contributed by atoms with Crippen molar-refractivity contribution >= 4 is 47.0 Å². The van der Waals surface area contributed by atoms with Gasteiger partial charge in [0.15, 0.2) is 10.6 Å². The molecule has 34 heavy (non-hydrogen) atoms. The quantitative estimate of drug-likeness (QED) is 0.385. The van der Waals surface area contributed by atoms with E-state index in [1.165, 1.54) is 0 Å². The van der Waals surface area contributed by atoms with Gasteiger partial charge in [0.05, 0.1) is 6.54 Å². The molecule has 0 unspecified atom stereocenters. The molecule has 0 atom stereocenters. The number of nitrogens with zero attached hydrogens (tertiary/aromatic N) is 4. The van der Waals surface area contributed by atoms with Crippen molar-refractivity contribution in [1.82, 2.24) is 14.3 Å². The van der Waals surface area contributed by atoms with Gasteiger partial charge in [0, 0.05) is 47.9 Å². The first-order valence-electron chi connectivity index (χ1n) is 11.6. The van der Waals surface area contributed by atoms with E-state index in [1.54, 1.807) is 9.58 Å². The SMILES string of the molecule is CCCCn1c(-c2ccc(Cl)cc2)nn(CCC(=O)Nc2ccc(N3CCCC3=O)cc2)c1=S. The summed E-state index contributed by atoms with van der Waals surface area (Å²) in [4.78, 5) is 26.3. The highest BCUT2D eigenvalue weighted by Crippen LogP contribution is 2.24. The van der Waals surface area contributed by atoms with Crippen LogP contribution >= 0.6 is 23.8 Å². The summed E-state index contributed by atoms with van der Waals surface area (Å²) in [6.07, 6.45) is 3.74. The van der Waals surface area contributed by atoms with E-state index in [-0.39, 0.29) is 18.2 Å². The second-order valence-corrected chi connectivity index (χ2v) is 9.14. The maximum Gasteiger partial charge on any atom is 0.227 e. The highest BCUT2D eigenvalue weighted by atomic mass is 35.5. The zero-order valence-electron chi connectivity index (χ0n) is 19.2.